The number of hydrogen-bond acceptors (Lipinski definition) is 8. The summed E-state index contributed by atoms with van der Waals surface area (Å²) in [6, 6.07) is 16.0. The molecule has 0 radical (unpaired) electrons. The molecule has 0 saturated carbocycles. The van der Waals surface area contributed by atoms with Gasteiger partial charge < -0.3 is 20.9 Å². The molecule has 1 aliphatic heterocycles. The zero-order chi connectivity index (χ0) is 25.4. The van der Waals surface area contributed by atoms with Gasteiger partial charge in [0.05, 0.1) is 10.3 Å². The monoisotopic (exact) mass is 505 g/mol. The van der Waals surface area contributed by atoms with Crippen LogP contribution >= 0.6 is 0 Å². The molecule has 0 spiro atoms. The number of carbonyl (C=O) groups excluding carboxylic acids is 1. The molecule has 186 valence electrons. The van der Waals surface area contributed by atoms with Crippen molar-refractivity contribution in [2.75, 3.05) is 42.1 Å². The van der Waals surface area contributed by atoms with E-state index in [1.165, 1.54) is 6.20 Å². The highest BCUT2D eigenvalue weighted by Gasteiger charge is 2.22. The summed E-state index contributed by atoms with van der Waals surface area (Å²) in [4.78, 5) is 24.6. The summed E-state index contributed by atoms with van der Waals surface area (Å²) in [5.74, 6) is 0.477. The Morgan fingerprint density at radius 2 is 1.61 bits per heavy atom. The van der Waals surface area contributed by atoms with E-state index in [0.717, 1.165) is 34.0 Å². The summed E-state index contributed by atoms with van der Waals surface area (Å²) in [5, 5.41) is 3.58. The third-order valence-corrected chi connectivity index (χ3v) is 8.01. The number of aryl methyl sites for hydroxylation is 1. The molecular formula is C25H27N7O3S. The molecule has 0 unspecified atom stereocenters. The molecule has 36 heavy (non-hydrogen) atoms. The first-order valence-corrected chi connectivity index (χ1v) is 13.0. The first kappa shape index (κ1) is 23.6. The van der Waals surface area contributed by atoms with Crippen molar-refractivity contribution < 1.29 is 13.2 Å². The zero-order valence-electron chi connectivity index (χ0n) is 20.0. The Bertz CT molecular complexity index is 1520. The number of rotatable bonds is 5. The van der Waals surface area contributed by atoms with Gasteiger partial charge in [-0.2, -0.15) is 9.97 Å². The number of nitrogens with zero attached hydrogens (tertiary/aromatic N) is 5. The van der Waals surface area contributed by atoms with E-state index in [2.05, 4.69) is 20.2 Å². The second kappa shape index (κ2) is 9.15. The van der Waals surface area contributed by atoms with Crippen LogP contribution in [0.3, 0.4) is 0 Å². The van der Waals surface area contributed by atoms with Crippen LogP contribution in [0.15, 0.2) is 65.7 Å². The SMILES string of the molecule is CC(=O)N1CCN(c2ccc(Nc3nc(N)c4ccn(S(=O)(=O)c5ccc(C)cc5)c4n3)cc2)CC1. The van der Waals surface area contributed by atoms with Crippen LogP contribution in [0.1, 0.15) is 12.5 Å². The van der Waals surface area contributed by atoms with Crippen molar-refractivity contribution in [2.45, 2.75) is 18.7 Å². The molecule has 1 saturated heterocycles. The minimum Gasteiger partial charge on any atom is -0.383 e. The number of piperazine rings is 1. The topological polar surface area (TPSA) is 126 Å². The van der Waals surface area contributed by atoms with Crippen LogP contribution in [0, 0.1) is 6.92 Å². The van der Waals surface area contributed by atoms with Gasteiger partial charge in [0.1, 0.15) is 5.82 Å². The molecule has 3 N–H and O–H groups in total. The van der Waals surface area contributed by atoms with Crippen molar-refractivity contribution >= 4 is 50.1 Å². The quantitative estimate of drug-likeness (QED) is 0.424. The van der Waals surface area contributed by atoms with Gasteiger partial charge in [0.2, 0.25) is 11.9 Å². The number of aromatic nitrogens is 3. The fourth-order valence-electron chi connectivity index (χ4n) is 4.25. The van der Waals surface area contributed by atoms with Gasteiger partial charge in [0.15, 0.2) is 5.65 Å². The van der Waals surface area contributed by atoms with Crippen molar-refractivity contribution in [3.63, 3.8) is 0 Å². The lowest BCUT2D eigenvalue weighted by Gasteiger charge is -2.35. The molecule has 4 aromatic rings. The lowest BCUT2D eigenvalue weighted by Crippen LogP contribution is -2.48. The van der Waals surface area contributed by atoms with E-state index in [1.54, 1.807) is 37.3 Å². The summed E-state index contributed by atoms with van der Waals surface area (Å²) in [7, 11) is -3.86. The predicted octanol–water partition coefficient (Wildman–Crippen LogP) is 2.97. The number of fused-ring (bicyclic) bond motifs is 1. The van der Waals surface area contributed by atoms with Crippen LogP contribution in [-0.2, 0) is 14.8 Å². The molecule has 2 aromatic carbocycles. The van der Waals surface area contributed by atoms with Gasteiger partial charge in [-0.1, -0.05) is 17.7 Å². The minimum atomic E-state index is -3.86. The third-order valence-electron chi connectivity index (χ3n) is 6.33. The Kier molecular flexibility index (Phi) is 6.00. The van der Waals surface area contributed by atoms with Gasteiger partial charge in [-0.15, -0.1) is 0 Å². The molecule has 3 heterocycles. The average molecular weight is 506 g/mol. The normalized spacial score (nSPS) is 14.3. The maximum Gasteiger partial charge on any atom is 0.269 e. The number of nitrogens with two attached hydrogens (primary N) is 1. The molecule has 0 bridgehead atoms. The van der Waals surface area contributed by atoms with E-state index in [1.807, 2.05) is 36.1 Å². The summed E-state index contributed by atoms with van der Waals surface area (Å²) in [5.41, 5.74) is 9.10. The van der Waals surface area contributed by atoms with Crippen molar-refractivity contribution in [2.24, 2.45) is 0 Å². The van der Waals surface area contributed by atoms with Crippen LogP contribution in [0.25, 0.3) is 11.0 Å². The number of hydrogen-bond donors (Lipinski definition) is 2. The summed E-state index contributed by atoms with van der Waals surface area (Å²) >= 11 is 0. The Balaban J connectivity index is 1.38. The predicted molar refractivity (Wildman–Crippen MR) is 140 cm³/mol. The number of anilines is 4. The summed E-state index contributed by atoms with van der Waals surface area (Å²) in [6.45, 7) is 6.44. The van der Waals surface area contributed by atoms with Crippen LogP contribution in [0.4, 0.5) is 23.1 Å². The maximum atomic E-state index is 13.3. The van der Waals surface area contributed by atoms with Crippen molar-refractivity contribution in [1.82, 2.24) is 18.8 Å². The molecule has 1 fully saturated rings. The molecule has 11 heteroatoms. The van der Waals surface area contributed by atoms with E-state index < -0.39 is 10.0 Å². The lowest BCUT2D eigenvalue weighted by molar-refractivity contribution is -0.129. The number of carbonyl (C=O) groups is 1. The molecule has 0 aliphatic carbocycles. The van der Waals surface area contributed by atoms with Gasteiger partial charge in [-0.05, 0) is 49.4 Å². The highest BCUT2D eigenvalue weighted by Crippen LogP contribution is 2.27. The average Bonchev–Trinajstić information content (AvgIpc) is 3.30. The van der Waals surface area contributed by atoms with Gasteiger partial charge in [0.25, 0.3) is 10.0 Å². The van der Waals surface area contributed by atoms with Crippen LogP contribution < -0.4 is 16.0 Å². The van der Waals surface area contributed by atoms with E-state index in [9.17, 15) is 13.2 Å². The lowest BCUT2D eigenvalue weighted by atomic mass is 10.2. The second-order valence-electron chi connectivity index (χ2n) is 8.76. The fourth-order valence-corrected chi connectivity index (χ4v) is 5.55. The minimum absolute atomic E-state index is 0.100. The smallest absolute Gasteiger partial charge is 0.269 e. The molecule has 1 amide bonds. The Labute approximate surface area is 209 Å². The van der Waals surface area contributed by atoms with Gasteiger partial charge in [0, 0.05) is 50.7 Å². The molecule has 10 nitrogen and oxygen atoms in total. The van der Waals surface area contributed by atoms with Crippen molar-refractivity contribution in [3.05, 3.63) is 66.4 Å². The molecule has 2 aromatic heterocycles. The number of amides is 1. The largest absolute Gasteiger partial charge is 0.383 e. The van der Waals surface area contributed by atoms with E-state index >= 15 is 0 Å². The van der Waals surface area contributed by atoms with Gasteiger partial charge in [-0.25, -0.2) is 12.4 Å². The van der Waals surface area contributed by atoms with E-state index in [0.29, 0.717) is 18.5 Å². The highest BCUT2D eigenvalue weighted by molar-refractivity contribution is 7.90. The Morgan fingerprint density at radius 1 is 0.944 bits per heavy atom. The molecule has 5 rings (SSSR count). The summed E-state index contributed by atoms with van der Waals surface area (Å²) < 4.78 is 27.6. The van der Waals surface area contributed by atoms with Gasteiger partial charge in [-0.3, -0.25) is 4.79 Å². The standard InChI is InChI=1S/C25H27N7O3S/c1-17-3-9-21(10-4-17)36(34,35)32-12-11-22-23(26)28-25(29-24(22)32)27-19-5-7-20(8-6-19)31-15-13-30(14-16-31)18(2)33/h3-12H,13-16H2,1-2H3,(H3,26,27,28,29). The Morgan fingerprint density at radius 3 is 2.25 bits per heavy atom. The van der Waals surface area contributed by atoms with E-state index in [-0.39, 0.29) is 28.2 Å². The van der Waals surface area contributed by atoms with Crippen LogP contribution in [-0.4, -0.2) is 59.3 Å². The van der Waals surface area contributed by atoms with Crippen LogP contribution in [0.5, 0.6) is 0 Å². The maximum absolute atomic E-state index is 13.3. The second-order valence-corrected chi connectivity index (χ2v) is 10.6. The zero-order valence-corrected chi connectivity index (χ0v) is 20.9. The molecule has 0 atom stereocenters. The van der Waals surface area contributed by atoms with E-state index in [4.69, 9.17) is 5.73 Å². The highest BCUT2D eigenvalue weighted by atomic mass is 32.2. The van der Waals surface area contributed by atoms with Crippen molar-refractivity contribution in [1.29, 1.82) is 0 Å². The van der Waals surface area contributed by atoms with Crippen molar-refractivity contribution in [3.8, 4) is 0 Å². The molecular weight excluding hydrogens is 478 g/mol. The Hall–Kier alpha value is -4.12. The van der Waals surface area contributed by atoms with Gasteiger partial charge >= 0.3 is 0 Å². The third kappa shape index (κ3) is 4.44. The summed E-state index contributed by atoms with van der Waals surface area (Å²) in [6.07, 6.45) is 1.44. The number of benzene rings is 2. The fraction of sp³-hybridized carbons (Fsp3) is 0.240. The number of nitrogens with one attached hydrogen (secondary N) is 1. The first-order valence-electron chi connectivity index (χ1n) is 11.6. The van der Waals surface area contributed by atoms with Crippen LogP contribution in [0.2, 0.25) is 0 Å². The first-order chi connectivity index (χ1) is 17.2. The molecule has 1 aliphatic rings. The number of nitrogen functional groups attached to an aromatic ring is 1.